The van der Waals surface area contributed by atoms with Crippen molar-refractivity contribution >= 4 is 17.6 Å². The van der Waals surface area contributed by atoms with Crippen LogP contribution in [0.1, 0.15) is 22.8 Å². The maximum atomic E-state index is 13.3. The van der Waals surface area contributed by atoms with Gasteiger partial charge in [-0.1, -0.05) is 0 Å². The van der Waals surface area contributed by atoms with Crippen molar-refractivity contribution in [3.8, 4) is 5.75 Å². The van der Waals surface area contributed by atoms with Gasteiger partial charge < -0.3 is 14.8 Å². The average Bonchev–Trinajstić information content (AvgIpc) is 2.56. The van der Waals surface area contributed by atoms with Gasteiger partial charge in [-0.15, -0.1) is 0 Å². The molecule has 0 spiro atoms. The maximum Gasteiger partial charge on any atom is 0.339 e. The zero-order valence-electron chi connectivity index (χ0n) is 13.0. The second-order valence-electron chi connectivity index (χ2n) is 5.35. The standard InChI is InChI=1S/C18H16FNO4/c1-2-23-14-6-4-13(5-7-14)20-17(21)16-10-11-9-12(19)3-8-15(11)18(22)24-16/h3-9,16H,2,10H2,1H3,(H,20,21). The fraction of sp³-hybridized carbons (Fsp3) is 0.222. The summed E-state index contributed by atoms with van der Waals surface area (Å²) in [6.45, 7) is 2.44. The van der Waals surface area contributed by atoms with Crippen molar-refractivity contribution in [2.24, 2.45) is 0 Å². The molecular formula is C18H16FNO4. The lowest BCUT2D eigenvalue weighted by atomic mass is 9.98. The van der Waals surface area contributed by atoms with Crippen LogP contribution in [0.4, 0.5) is 10.1 Å². The van der Waals surface area contributed by atoms with Gasteiger partial charge in [-0.3, -0.25) is 4.79 Å². The van der Waals surface area contributed by atoms with Gasteiger partial charge in [-0.05, 0) is 55.0 Å². The Morgan fingerprint density at radius 3 is 2.75 bits per heavy atom. The van der Waals surface area contributed by atoms with E-state index in [4.69, 9.17) is 9.47 Å². The number of fused-ring (bicyclic) bond motifs is 1. The summed E-state index contributed by atoms with van der Waals surface area (Å²) in [6.07, 6.45) is -0.847. The Labute approximate surface area is 138 Å². The van der Waals surface area contributed by atoms with Gasteiger partial charge in [0.1, 0.15) is 11.6 Å². The van der Waals surface area contributed by atoms with Gasteiger partial charge in [-0.25, -0.2) is 9.18 Å². The molecule has 1 unspecified atom stereocenters. The Balaban J connectivity index is 1.70. The second kappa shape index (κ2) is 6.70. The van der Waals surface area contributed by atoms with E-state index in [-0.39, 0.29) is 6.42 Å². The molecule has 3 rings (SSSR count). The Morgan fingerprint density at radius 2 is 2.04 bits per heavy atom. The number of rotatable bonds is 4. The minimum atomic E-state index is -0.988. The van der Waals surface area contributed by atoms with Crippen LogP contribution in [-0.2, 0) is 16.0 Å². The molecule has 1 aliphatic rings. The van der Waals surface area contributed by atoms with Crippen LogP contribution < -0.4 is 10.1 Å². The molecule has 0 saturated heterocycles. The molecule has 0 bridgehead atoms. The first-order valence-electron chi connectivity index (χ1n) is 7.60. The van der Waals surface area contributed by atoms with Gasteiger partial charge in [0, 0.05) is 12.1 Å². The third kappa shape index (κ3) is 3.37. The summed E-state index contributed by atoms with van der Waals surface area (Å²) >= 11 is 0. The summed E-state index contributed by atoms with van der Waals surface area (Å²) < 4.78 is 23.8. The number of ether oxygens (including phenoxy) is 2. The van der Waals surface area contributed by atoms with Gasteiger partial charge in [-0.2, -0.15) is 0 Å². The molecule has 0 aromatic heterocycles. The molecule has 6 heteroatoms. The Hall–Kier alpha value is -2.89. The molecule has 1 aliphatic heterocycles. The summed E-state index contributed by atoms with van der Waals surface area (Å²) in [7, 11) is 0. The number of carbonyl (C=O) groups excluding carboxylic acids is 2. The van der Waals surface area contributed by atoms with Gasteiger partial charge in [0.15, 0.2) is 6.10 Å². The number of carbonyl (C=O) groups is 2. The van der Waals surface area contributed by atoms with E-state index in [0.717, 1.165) is 0 Å². The molecule has 1 heterocycles. The van der Waals surface area contributed by atoms with Crippen molar-refractivity contribution in [3.63, 3.8) is 0 Å². The van der Waals surface area contributed by atoms with Gasteiger partial charge >= 0.3 is 5.97 Å². The van der Waals surface area contributed by atoms with Gasteiger partial charge in [0.25, 0.3) is 5.91 Å². The molecule has 124 valence electrons. The molecular weight excluding hydrogens is 313 g/mol. The molecule has 1 N–H and O–H groups in total. The predicted octanol–water partition coefficient (Wildman–Crippen LogP) is 2.94. The van der Waals surface area contributed by atoms with Crippen LogP contribution in [0.25, 0.3) is 0 Å². The second-order valence-corrected chi connectivity index (χ2v) is 5.35. The normalized spacial score (nSPS) is 16.1. The Morgan fingerprint density at radius 1 is 1.29 bits per heavy atom. The molecule has 24 heavy (non-hydrogen) atoms. The third-order valence-electron chi connectivity index (χ3n) is 3.67. The first-order chi connectivity index (χ1) is 11.6. The Kier molecular flexibility index (Phi) is 4.46. The summed E-state index contributed by atoms with van der Waals surface area (Å²) in [6, 6.07) is 10.7. The van der Waals surface area contributed by atoms with Gasteiger partial charge in [0.05, 0.1) is 12.2 Å². The SMILES string of the molecule is CCOc1ccc(NC(=O)C2Cc3cc(F)ccc3C(=O)O2)cc1. The number of halogens is 1. The van der Waals surface area contributed by atoms with Crippen LogP contribution in [0.5, 0.6) is 5.75 Å². The molecule has 0 radical (unpaired) electrons. The molecule has 0 saturated carbocycles. The lowest BCUT2D eigenvalue weighted by molar-refractivity contribution is -0.125. The lowest BCUT2D eigenvalue weighted by Gasteiger charge is -2.23. The highest BCUT2D eigenvalue weighted by molar-refractivity contribution is 6.00. The fourth-order valence-corrected chi connectivity index (χ4v) is 2.53. The first kappa shape index (κ1) is 16.0. The van der Waals surface area contributed by atoms with Crippen molar-refractivity contribution < 1.29 is 23.5 Å². The number of anilines is 1. The summed E-state index contributed by atoms with van der Waals surface area (Å²) in [5.74, 6) is -0.830. The quantitative estimate of drug-likeness (QED) is 0.876. The molecule has 0 fully saturated rings. The lowest BCUT2D eigenvalue weighted by Crippen LogP contribution is -2.38. The Bertz CT molecular complexity index is 773. The third-order valence-corrected chi connectivity index (χ3v) is 3.67. The van der Waals surface area contributed by atoms with Crippen LogP contribution >= 0.6 is 0 Å². The van der Waals surface area contributed by atoms with E-state index < -0.39 is 23.8 Å². The van der Waals surface area contributed by atoms with E-state index in [1.807, 2.05) is 6.92 Å². The van der Waals surface area contributed by atoms with E-state index in [0.29, 0.717) is 29.2 Å². The topological polar surface area (TPSA) is 64.6 Å². The van der Waals surface area contributed by atoms with E-state index in [1.165, 1.54) is 18.2 Å². The van der Waals surface area contributed by atoms with Gasteiger partial charge in [0.2, 0.25) is 0 Å². The maximum absolute atomic E-state index is 13.3. The minimum absolute atomic E-state index is 0.141. The number of hydrogen-bond acceptors (Lipinski definition) is 4. The highest BCUT2D eigenvalue weighted by atomic mass is 19.1. The summed E-state index contributed by atoms with van der Waals surface area (Å²) in [5.41, 5.74) is 1.32. The number of esters is 1. The summed E-state index contributed by atoms with van der Waals surface area (Å²) in [5, 5.41) is 2.68. The highest BCUT2D eigenvalue weighted by Gasteiger charge is 2.31. The summed E-state index contributed by atoms with van der Waals surface area (Å²) in [4.78, 5) is 24.2. The zero-order chi connectivity index (χ0) is 17.1. The number of amides is 1. The van der Waals surface area contributed by atoms with Crippen molar-refractivity contribution in [1.29, 1.82) is 0 Å². The fourth-order valence-electron chi connectivity index (χ4n) is 2.53. The van der Waals surface area contributed by atoms with E-state index in [2.05, 4.69) is 5.32 Å². The monoisotopic (exact) mass is 329 g/mol. The van der Waals surface area contributed by atoms with Crippen LogP contribution in [-0.4, -0.2) is 24.6 Å². The minimum Gasteiger partial charge on any atom is -0.494 e. The predicted molar refractivity (Wildman–Crippen MR) is 85.5 cm³/mol. The number of hydrogen-bond donors (Lipinski definition) is 1. The van der Waals surface area contributed by atoms with Crippen LogP contribution in [0.2, 0.25) is 0 Å². The van der Waals surface area contributed by atoms with Crippen molar-refractivity contribution in [2.75, 3.05) is 11.9 Å². The average molecular weight is 329 g/mol. The molecule has 1 amide bonds. The first-order valence-corrected chi connectivity index (χ1v) is 7.60. The van der Waals surface area contributed by atoms with Crippen molar-refractivity contribution in [1.82, 2.24) is 0 Å². The highest BCUT2D eigenvalue weighted by Crippen LogP contribution is 2.23. The largest absolute Gasteiger partial charge is 0.494 e. The number of benzene rings is 2. The van der Waals surface area contributed by atoms with Crippen LogP contribution in [0.15, 0.2) is 42.5 Å². The number of cyclic esters (lactones) is 1. The van der Waals surface area contributed by atoms with Crippen molar-refractivity contribution in [2.45, 2.75) is 19.4 Å². The van der Waals surface area contributed by atoms with Crippen molar-refractivity contribution in [3.05, 3.63) is 59.4 Å². The van der Waals surface area contributed by atoms with E-state index in [1.54, 1.807) is 24.3 Å². The van der Waals surface area contributed by atoms with E-state index in [9.17, 15) is 14.0 Å². The molecule has 5 nitrogen and oxygen atoms in total. The molecule has 0 aliphatic carbocycles. The van der Waals surface area contributed by atoms with E-state index >= 15 is 0 Å². The zero-order valence-corrected chi connectivity index (χ0v) is 13.0. The van der Waals surface area contributed by atoms with Crippen LogP contribution in [0, 0.1) is 5.82 Å². The molecule has 2 aromatic rings. The van der Waals surface area contributed by atoms with Crippen LogP contribution in [0.3, 0.4) is 0 Å². The molecule has 2 aromatic carbocycles. The smallest absolute Gasteiger partial charge is 0.339 e. The molecule has 1 atom stereocenters. The number of nitrogens with one attached hydrogen (secondary N) is 1.